The number of hydrogen-bond acceptors (Lipinski definition) is 5. The van der Waals surface area contributed by atoms with Crippen molar-refractivity contribution in [2.24, 2.45) is 0 Å². The maximum Gasteiger partial charge on any atom is 0.412 e. The highest BCUT2D eigenvalue weighted by Crippen LogP contribution is 2.44. The van der Waals surface area contributed by atoms with E-state index >= 15 is 0 Å². The van der Waals surface area contributed by atoms with Crippen LogP contribution in [0.5, 0.6) is 0 Å². The number of nitriles is 1. The summed E-state index contributed by atoms with van der Waals surface area (Å²) in [4.78, 5) is 12.1. The number of nitrogens with zero attached hydrogens (tertiary/aromatic N) is 2. The third-order valence-electron chi connectivity index (χ3n) is 5.07. The van der Waals surface area contributed by atoms with Crippen LogP contribution in [-0.2, 0) is 20.4 Å². The first kappa shape index (κ1) is 17.5. The minimum atomic E-state index is -3.71. The smallest absolute Gasteiger partial charge is 0.412 e. The lowest BCUT2D eigenvalue weighted by Crippen LogP contribution is -2.49. The number of piperidine rings is 1. The average molecular weight is 383 g/mol. The summed E-state index contributed by atoms with van der Waals surface area (Å²) < 4.78 is 32.9. The number of hydrogen-bond donors (Lipinski definition) is 1. The summed E-state index contributed by atoms with van der Waals surface area (Å²) in [6, 6.07) is 15.4. The van der Waals surface area contributed by atoms with E-state index in [0.717, 1.165) is 5.56 Å². The van der Waals surface area contributed by atoms with Crippen LogP contribution in [0.4, 0.5) is 10.5 Å². The van der Waals surface area contributed by atoms with Crippen LogP contribution in [-0.4, -0.2) is 31.9 Å². The Bertz CT molecular complexity index is 1050. The highest BCUT2D eigenvalue weighted by molar-refractivity contribution is 7.89. The maximum atomic E-state index is 12.9. The number of ether oxygens (including phenoxy) is 1. The van der Waals surface area contributed by atoms with Gasteiger partial charge in [0, 0.05) is 31.5 Å². The number of anilines is 1. The van der Waals surface area contributed by atoms with Gasteiger partial charge in [-0.15, -0.1) is 0 Å². The van der Waals surface area contributed by atoms with Crippen molar-refractivity contribution in [3.8, 4) is 6.07 Å². The molecule has 1 N–H and O–H groups in total. The van der Waals surface area contributed by atoms with Crippen LogP contribution >= 0.6 is 0 Å². The second-order valence-corrected chi connectivity index (χ2v) is 8.54. The standard InChI is InChI=1S/C19H17N3O4S/c20-13-14-4-3-5-15(12-14)27(24,25)22-10-8-19(9-11-22)16-6-1-2-7-17(16)21-18(23)26-19/h1-7,12H,8-11H2,(H,21,23). The number of benzene rings is 2. The zero-order valence-electron chi connectivity index (χ0n) is 14.4. The highest BCUT2D eigenvalue weighted by atomic mass is 32.2. The highest BCUT2D eigenvalue weighted by Gasteiger charge is 2.46. The Morgan fingerprint density at radius 2 is 1.85 bits per heavy atom. The van der Waals surface area contributed by atoms with Crippen LogP contribution < -0.4 is 5.32 Å². The van der Waals surface area contributed by atoms with Gasteiger partial charge in [0.1, 0.15) is 5.60 Å². The van der Waals surface area contributed by atoms with Crippen LogP contribution in [0, 0.1) is 11.3 Å². The Morgan fingerprint density at radius 1 is 1.11 bits per heavy atom. The van der Waals surface area contributed by atoms with Gasteiger partial charge in [-0.2, -0.15) is 9.57 Å². The van der Waals surface area contributed by atoms with Gasteiger partial charge in [0.2, 0.25) is 10.0 Å². The van der Waals surface area contributed by atoms with Crippen LogP contribution in [0.15, 0.2) is 53.4 Å². The van der Waals surface area contributed by atoms with Crippen molar-refractivity contribution in [1.29, 1.82) is 5.26 Å². The number of fused-ring (bicyclic) bond motifs is 2. The lowest BCUT2D eigenvalue weighted by Gasteiger charge is -2.43. The van der Waals surface area contributed by atoms with Crippen molar-refractivity contribution in [3.05, 3.63) is 59.7 Å². The molecular formula is C19H17N3O4S. The van der Waals surface area contributed by atoms with Gasteiger partial charge in [0.05, 0.1) is 22.2 Å². The lowest BCUT2D eigenvalue weighted by atomic mass is 9.83. The molecule has 1 spiro atoms. The summed E-state index contributed by atoms with van der Waals surface area (Å²) in [6.45, 7) is 0.446. The van der Waals surface area contributed by atoms with Crippen molar-refractivity contribution in [2.45, 2.75) is 23.3 Å². The topological polar surface area (TPSA) is 99.5 Å². The molecule has 2 aliphatic heterocycles. The Labute approximate surface area is 157 Å². The molecular weight excluding hydrogens is 366 g/mol. The van der Waals surface area contributed by atoms with E-state index in [0.29, 0.717) is 24.1 Å². The van der Waals surface area contributed by atoms with Gasteiger partial charge in [0.15, 0.2) is 0 Å². The molecule has 0 aliphatic carbocycles. The van der Waals surface area contributed by atoms with Gasteiger partial charge < -0.3 is 4.74 Å². The van der Waals surface area contributed by atoms with E-state index in [1.807, 2.05) is 30.3 Å². The van der Waals surface area contributed by atoms with E-state index in [1.165, 1.54) is 16.4 Å². The molecule has 0 saturated carbocycles. The molecule has 1 fully saturated rings. The number of carbonyl (C=O) groups excluding carboxylic acids is 1. The molecule has 2 aromatic carbocycles. The average Bonchev–Trinajstić information content (AvgIpc) is 2.68. The molecule has 2 heterocycles. The molecule has 4 rings (SSSR count). The zero-order chi connectivity index (χ0) is 19.1. The fourth-order valence-electron chi connectivity index (χ4n) is 3.69. The van der Waals surface area contributed by atoms with Crippen LogP contribution in [0.3, 0.4) is 0 Å². The molecule has 0 radical (unpaired) electrons. The first-order chi connectivity index (χ1) is 12.9. The SMILES string of the molecule is N#Cc1cccc(S(=O)(=O)N2CCC3(CC2)OC(=O)Nc2ccccc23)c1. The molecule has 8 heteroatoms. The fourth-order valence-corrected chi connectivity index (χ4v) is 5.18. The first-order valence-electron chi connectivity index (χ1n) is 8.54. The summed E-state index contributed by atoms with van der Waals surface area (Å²) in [7, 11) is -3.71. The molecule has 0 bridgehead atoms. The third kappa shape index (κ3) is 2.95. The summed E-state index contributed by atoms with van der Waals surface area (Å²) in [6.07, 6.45) is 0.218. The number of para-hydroxylation sites is 1. The number of amides is 1. The molecule has 0 atom stereocenters. The van der Waals surface area contributed by atoms with Crippen molar-refractivity contribution >= 4 is 21.8 Å². The second-order valence-electron chi connectivity index (χ2n) is 6.60. The second kappa shape index (κ2) is 6.37. The Hall–Kier alpha value is -2.89. The lowest BCUT2D eigenvalue weighted by molar-refractivity contribution is -0.0248. The monoisotopic (exact) mass is 383 g/mol. The molecule has 138 valence electrons. The van der Waals surface area contributed by atoms with Gasteiger partial charge in [-0.05, 0) is 24.3 Å². The van der Waals surface area contributed by atoms with Gasteiger partial charge in [-0.3, -0.25) is 5.32 Å². The van der Waals surface area contributed by atoms with E-state index in [9.17, 15) is 13.2 Å². The van der Waals surface area contributed by atoms with Crippen LogP contribution in [0.1, 0.15) is 24.0 Å². The first-order valence-corrected chi connectivity index (χ1v) is 9.98. The molecule has 1 saturated heterocycles. The van der Waals surface area contributed by atoms with Crippen LogP contribution in [0.25, 0.3) is 0 Å². The van der Waals surface area contributed by atoms with Crippen LogP contribution in [0.2, 0.25) is 0 Å². The van der Waals surface area contributed by atoms with Gasteiger partial charge in [0.25, 0.3) is 0 Å². The van der Waals surface area contributed by atoms with Gasteiger partial charge >= 0.3 is 6.09 Å². The maximum absolute atomic E-state index is 12.9. The molecule has 7 nitrogen and oxygen atoms in total. The Morgan fingerprint density at radius 3 is 2.59 bits per heavy atom. The molecule has 2 aliphatic rings. The summed E-state index contributed by atoms with van der Waals surface area (Å²) in [5.74, 6) is 0. The van der Waals surface area contributed by atoms with E-state index < -0.39 is 21.7 Å². The van der Waals surface area contributed by atoms with Crippen molar-refractivity contribution in [1.82, 2.24) is 4.31 Å². The van der Waals surface area contributed by atoms with E-state index in [4.69, 9.17) is 10.00 Å². The predicted octanol–water partition coefficient (Wildman–Crippen LogP) is 2.80. The summed E-state index contributed by atoms with van der Waals surface area (Å²) in [5, 5.41) is 11.7. The molecule has 27 heavy (non-hydrogen) atoms. The van der Waals surface area contributed by atoms with Crippen molar-refractivity contribution < 1.29 is 17.9 Å². The number of nitrogens with one attached hydrogen (secondary N) is 1. The Balaban J connectivity index is 1.61. The van der Waals surface area contributed by atoms with E-state index in [2.05, 4.69) is 5.32 Å². The summed E-state index contributed by atoms with van der Waals surface area (Å²) in [5.41, 5.74) is 1.05. The largest absolute Gasteiger partial charge is 0.438 e. The molecule has 2 aromatic rings. The van der Waals surface area contributed by atoms with Gasteiger partial charge in [-0.1, -0.05) is 24.3 Å². The minimum absolute atomic E-state index is 0.0974. The van der Waals surface area contributed by atoms with Crippen molar-refractivity contribution in [2.75, 3.05) is 18.4 Å². The third-order valence-corrected chi connectivity index (χ3v) is 6.97. The fraction of sp³-hybridized carbons (Fsp3) is 0.263. The van der Waals surface area contributed by atoms with E-state index in [1.54, 1.807) is 12.1 Å². The number of carbonyl (C=O) groups is 1. The zero-order valence-corrected chi connectivity index (χ0v) is 15.2. The van der Waals surface area contributed by atoms with Crippen molar-refractivity contribution in [3.63, 3.8) is 0 Å². The van der Waals surface area contributed by atoms with Gasteiger partial charge in [-0.25, -0.2) is 13.2 Å². The van der Waals surface area contributed by atoms with E-state index in [-0.39, 0.29) is 18.0 Å². The quantitative estimate of drug-likeness (QED) is 0.860. The minimum Gasteiger partial charge on any atom is -0.438 e. The predicted molar refractivity (Wildman–Crippen MR) is 97.4 cm³/mol. The molecule has 0 unspecified atom stereocenters. The number of rotatable bonds is 2. The normalized spacial score (nSPS) is 18.9. The molecule has 1 amide bonds. The Kier molecular flexibility index (Phi) is 4.13. The summed E-state index contributed by atoms with van der Waals surface area (Å²) >= 11 is 0. The molecule has 0 aromatic heterocycles. The number of sulfonamides is 1.